The Hall–Kier alpha value is -1.61. The fourth-order valence-electron chi connectivity index (χ4n) is 3.28. The van der Waals surface area contributed by atoms with Crippen molar-refractivity contribution in [3.63, 3.8) is 0 Å². The van der Waals surface area contributed by atoms with Gasteiger partial charge in [-0.15, -0.1) is 11.3 Å². The highest BCUT2D eigenvalue weighted by molar-refractivity contribution is 7.14. The molecular weight excluding hydrogens is 266 g/mol. The highest BCUT2D eigenvalue weighted by atomic mass is 32.1. The van der Waals surface area contributed by atoms with Gasteiger partial charge in [-0.05, 0) is 55.4 Å². The molecule has 3 heteroatoms. The van der Waals surface area contributed by atoms with E-state index in [-0.39, 0.29) is 5.91 Å². The summed E-state index contributed by atoms with van der Waals surface area (Å²) in [6.45, 7) is 0.820. The summed E-state index contributed by atoms with van der Waals surface area (Å²) in [5, 5.41) is 0. The van der Waals surface area contributed by atoms with Crippen molar-refractivity contribution >= 4 is 22.9 Å². The van der Waals surface area contributed by atoms with Crippen LogP contribution in [0.2, 0.25) is 0 Å². The molecule has 1 aliphatic heterocycles. The number of aryl methyl sites for hydroxylation is 2. The summed E-state index contributed by atoms with van der Waals surface area (Å²) >= 11 is 1.71. The van der Waals surface area contributed by atoms with Crippen LogP contribution in [0.25, 0.3) is 0 Å². The highest BCUT2D eigenvalue weighted by Crippen LogP contribution is 2.33. The average Bonchev–Trinajstić information content (AvgIpc) is 3.10. The summed E-state index contributed by atoms with van der Waals surface area (Å²) in [6, 6.07) is 10.4. The molecule has 1 aliphatic carbocycles. The first-order valence-corrected chi connectivity index (χ1v) is 8.16. The van der Waals surface area contributed by atoms with E-state index >= 15 is 0 Å². The summed E-state index contributed by atoms with van der Waals surface area (Å²) in [4.78, 5) is 17.1. The smallest absolute Gasteiger partial charge is 0.268 e. The number of nitrogens with zero attached hydrogens (tertiary/aromatic N) is 1. The molecule has 1 aromatic carbocycles. The van der Waals surface area contributed by atoms with Gasteiger partial charge in [0.05, 0.1) is 4.88 Å². The molecule has 1 aromatic heterocycles. The fourth-order valence-corrected chi connectivity index (χ4v) is 4.48. The van der Waals surface area contributed by atoms with Gasteiger partial charge in [0.2, 0.25) is 0 Å². The van der Waals surface area contributed by atoms with Crippen molar-refractivity contribution in [3.05, 3.63) is 51.2 Å². The number of carbonyl (C=O) groups is 1. The van der Waals surface area contributed by atoms with Crippen LogP contribution in [0.15, 0.2) is 30.3 Å². The van der Waals surface area contributed by atoms with E-state index in [4.69, 9.17) is 0 Å². The van der Waals surface area contributed by atoms with Crippen LogP contribution in [0, 0.1) is 0 Å². The maximum Gasteiger partial charge on any atom is 0.268 e. The van der Waals surface area contributed by atoms with E-state index < -0.39 is 0 Å². The monoisotopic (exact) mass is 283 g/mol. The molecule has 0 saturated carbocycles. The van der Waals surface area contributed by atoms with E-state index in [1.165, 1.54) is 28.8 Å². The van der Waals surface area contributed by atoms with Gasteiger partial charge < -0.3 is 4.90 Å². The van der Waals surface area contributed by atoms with Crippen molar-refractivity contribution in [3.8, 4) is 0 Å². The van der Waals surface area contributed by atoms with Crippen LogP contribution in [0.4, 0.5) is 5.69 Å². The van der Waals surface area contributed by atoms with Crippen LogP contribution in [0.3, 0.4) is 0 Å². The molecule has 2 heterocycles. The van der Waals surface area contributed by atoms with E-state index in [0.717, 1.165) is 36.4 Å². The molecule has 4 rings (SSSR count). The second-order valence-electron chi connectivity index (χ2n) is 5.60. The van der Waals surface area contributed by atoms with Crippen LogP contribution in [-0.4, -0.2) is 12.5 Å². The summed E-state index contributed by atoms with van der Waals surface area (Å²) in [6.07, 6.45) is 5.82. The van der Waals surface area contributed by atoms with Gasteiger partial charge in [0.1, 0.15) is 0 Å². The number of anilines is 1. The zero-order valence-corrected chi connectivity index (χ0v) is 12.2. The molecule has 20 heavy (non-hydrogen) atoms. The van der Waals surface area contributed by atoms with Crippen molar-refractivity contribution in [1.29, 1.82) is 0 Å². The van der Waals surface area contributed by atoms with Crippen molar-refractivity contribution in [2.75, 3.05) is 11.4 Å². The number of fused-ring (bicyclic) bond motifs is 2. The highest BCUT2D eigenvalue weighted by Gasteiger charge is 2.27. The molecule has 0 unspecified atom stereocenters. The van der Waals surface area contributed by atoms with Gasteiger partial charge in [-0.3, -0.25) is 4.79 Å². The molecule has 1 amide bonds. The molecule has 0 atom stereocenters. The minimum Gasteiger partial charge on any atom is -0.307 e. The molecule has 0 radical (unpaired) electrons. The number of rotatable bonds is 1. The van der Waals surface area contributed by atoms with Crippen molar-refractivity contribution in [1.82, 2.24) is 0 Å². The Bertz CT molecular complexity index is 650. The van der Waals surface area contributed by atoms with E-state index in [1.807, 2.05) is 11.0 Å². The summed E-state index contributed by atoms with van der Waals surface area (Å²) < 4.78 is 0. The minimum atomic E-state index is 0.189. The Balaban J connectivity index is 1.67. The number of hydrogen-bond donors (Lipinski definition) is 0. The minimum absolute atomic E-state index is 0.189. The van der Waals surface area contributed by atoms with Crippen molar-refractivity contribution < 1.29 is 4.79 Å². The SMILES string of the molecule is O=C(c1cc2c(s1)CCCC2)N1CCc2ccccc21. The normalized spacial score (nSPS) is 16.9. The van der Waals surface area contributed by atoms with Gasteiger partial charge in [-0.25, -0.2) is 0 Å². The second-order valence-corrected chi connectivity index (χ2v) is 6.74. The van der Waals surface area contributed by atoms with E-state index in [1.54, 1.807) is 11.3 Å². The lowest BCUT2D eigenvalue weighted by molar-refractivity contribution is 0.0993. The van der Waals surface area contributed by atoms with Gasteiger partial charge in [0, 0.05) is 17.1 Å². The molecule has 2 nitrogen and oxygen atoms in total. The topological polar surface area (TPSA) is 20.3 Å². The molecule has 0 saturated heterocycles. The Morgan fingerprint density at radius 2 is 1.90 bits per heavy atom. The third kappa shape index (κ3) is 1.88. The second kappa shape index (κ2) is 4.74. The van der Waals surface area contributed by atoms with Crippen LogP contribution >= 0.6 is 11.3 Å². The molecule has 2 aliphatic rings. The van der Waals surface area contributed by atoms with Crippen LogP contribution in [0.5, 0.6) is 0 Å². The standard InChI is InChI=1S/C17H17NOS/c19-17(16-11-13-6-2-4-8-15(13)20-16)18-10-9-12-5-1-3-7-14(12)18/h1,3,5,7,11H,2,4,6,8-10H2. The average molecular weight is 283 g/mol. The number of amides is 1. The molecule has 0 spiro atoms. The molecule has 2 aromatic rings. The predicted octanol–water partition coefficient (Wildman–Crippen LogP) is 3.83. The van der Waals surface area contributed by atoms with Gasteiger partial charge in [-0.1, -0.05) is 18.2 Å². The maximum atomic E-state index is 12.8. The van der Waals surface area contributed by atoms with E-state index in [9.17, 15) is 4.79 Å². The fraction of sp³-hybridized carbons (Fsp3) is 0.353. The first-order chi connectivity index (χ1) is 9.83. The van der Waals surface area contributed by atoms with Gasteiger partial charge in [0.15, 0.2) is 0 Å². The summed E-state index contributed by atoms with van der Waals surface area (Å²) in [7, 11) is 0. The van der Waals surface area contributed by atoms with Crippen molar-refractivity contribution in [2.24, 2.45) is 0 Å². The lowest BCUT2D eigenvalue weighted by Crippen LogP contribution is -2.28. The zero-order valence-electron chi connectivity index (χ0n) is 11.4. The largest absolute Gasteiger partial charge is 0.307 e. The number of carbonyl (C=O) groups excluding carboxylic acids is 1. The summed E-state index contributed by atoms with van der Waals surface area (Å²) in [5.74, 6) is 0.189. The molecular formula is C17H17NOS. The van der Waals surface area contributed by atoms with E-state index in [2.05, 4.69) is 24.3 Å². The summed E-state index contributed by atoms with van der Waals surface area (Å²) in [5.41, 5.74) is 3.81. The third-order valence-corrected chi connectivity index (χ3v) is 5.56. The Morgan fingerprint density at radius 1 is 1.05 bits per heavy atom. The predicted molar refractivity (Wildman–Crippen MR) is 82.8 cm³/mol. The first-order valence-electron chi connectivity index (χ1n) is 7.34. The number of thiophene rings is 1. The molecule has 102 valence electrons. The van der Waals surface area contributed by atoms with E-state index in [0.29, 0.717) is 0 Å². The number of hydrogen-bond acceptors (Lipinski definition) is 2. The van der Waals surface area contributed by atoms with Crippen LogP contribution < -0.4 is 4.90 Å². The van der Waals surface area contributed by atoms with Crippen molar-refractivity contribution in [2.45, 2.75) is 32.1 Å². The van der Waals surface area contributed by atoms with Crippen LogP contribution in [0.1, 0.15) is 38.5 Å². The van der Waals surface area contributed by atoms with Gasteiger partial charge in [-0.2, -0.15) is 0 Å². The van der Waals surface area contributed by atoms with Crippen LogP contribution in [-0.2, 0) is 19.3 Å². The van der Waals surface area contributed by atoms with Gasteiger partial charge in [0.25, 0.3) is 5.91 Å². The molecule has 0 N–H and O–H groups in total. The lowest BCUT2D eigenvalue weighted by atomic mass is 9.99. The Morgan fingerprint density at radius 3 is 2.80 bits per heavy atom. The van der Waals surface area contributed by atoms with Gasteiger partial charge >= 0.3 is 0 Å². The zero-order chi connectivity index (χ0) is 13.5. The molecule has 0 bridgehead atoms. The number of para-hydroxylation sites is 1. The Labute approximate surface area is 123 Å². The first kappa shape index (κ1) is 12.2. The Kier molecular flexibility index (Phi) is 2.88. The lowest BCUT2D eigenvalue weighted by Gasteiger charge is -2.16. The molecule has 0 fully saturated rings. The number of benzene rings is 1. The maximum absolute atomic E-state index is 12.8. The quantitative estimate of drug-likeness (QED) is 0.779. The third-order valence-electron chi connectivity index (χ3n) is 4.34.